The van der Waals surface area contributed by atoms with Gasteiger partial charge in [-0.05, 0) is 37.8 Å². The van der Waals surface area contributed by atoms with Gasteiger partial charge in [-0.25, -0.2) is 0 Å². The third-order valence-corrected chi connectivity index (χ3v) is 5.55. The number of carbonyl (C=O) groups is 2. The predicted molar refractivity (Wildman–Crippen MR) is 90.9 cm³/mol. The van der Waals surface area contributed by atoms with Crippen LogP contribution in [0, 0.1) is 5.92 Å². The average Bonchev–Trinajstić information content (AvgIpc) is 3.11. The molecule has 2 amide bonds. The number of piperidine rings is 1. The Morgan fingerprint density at radius 2 is 1.61 bits per heavy atom. The van der Waals surface area contributed by atoms with E-state index in [1.54, 1.807) is 23.1 Å². The van der Waals surface area contributed by atoms with Crippen LogP contribution in [0.15, 0.2) is 18.2 Å². The first-order valence-corrected chi connectivity index (χ1v) is 8.85. The minimum absolute atomic E-state index is 0.0481. The van der Waals surface area contributed by atoms with Gasteiger partial charge in [0.2, 0.25) is 5.91 Å². The first-order chi connectivity index (χ1) is 11.1. The van der Waals surface area contributed by atoms with Crippen LogP contribution >= 0.6 is 23.2 Å². The van der Waals surface area contributed by atoms with Crippen molar-refractivity contribution < 1.29 is 9.59 Å². The van der Waals surface area contributed by atoms with E-state index in [9.17, 15) is 9.59 Å². The van der Waals surface area contributed by atoms with Crippen LogP contribution in [0.3, 0.4) is 0 Å². The number of nitrogens with zero attached hydrogens (tertiary/aromatic N) is 2. The van der Waals surface area contributed by atoms with Crippen LogP contribution in [0.5, 0.6) is 0 Å². The van der Waals surface area contributed by atoms with Gasteiger partial charge in [-0.2, -0.15) is 0 Å². The van der Waals surface area contributed by atoms with Crippen molar-refractivity contribution in [3.8, 4) is 0 Å². The molecule has 3 rings (SSSR count). The van der Waals surface area contributed by atoms with E-state index < -0.39 is 0 Å². The van der Waals surface area contributed by atoms with Crippen molar-refractivity contribution in [2.24, 2.45) is 5.92 Å². The van der Waals surface area contributed by atoms with Gasteiger partial charge in [0.1, 0.15) is 0 Å². The zero-order valence-corrected chi connectivity index (χ0v) is 14.4. The summed E-state index contributed by atoms with van der Waals surface area (Å²) in [5.74, 6) is 0.201. The van der Waals surface area contributed by atoms with Gasteiger partial charge in [0.15, 0.2) is 0 Å². The number of carbonyl (C=O) groups excluding carboxylic acids is 2. The molecule has 0 atom stereocenters. The third kappa shape index (κ3) is 3.48. The summed E-state index contributed by atoms with van der Waals surface area (Å²) < 4.78 is 0. The summed E-state index contributed by atoms with van der Waals surface area (Å²) in [7, 11) is 0. The summed E-state index contributed by atoms with van der Waals surface area (Å²) in [6.07, 6.45) is 3.66. The van der Waals surface area contributed by atoms with Crippen molar-refractivity contribution in [1.29, 1.82) is 0 Å². The lowest BCUT2D eigenvalue weighted by molar-refractivity contribution is -0.135. The van der Waals surface area contributed by atoms with E-state index in [0.29, 0.717) is 28.7 Å². The Labute approximate surface area is 146 Å². The quantitative estimate of drug-likeness (QED) is 0.815. The average molecular weight is 355 g/mol. The lowest BCUT2D eigenvalue weighted by atomic mass is 9.95. The molecule has 0 saturated carbocycles. The molecule has 2 fully saturated rings. The maximum Gasteiger partial charge on any atom is 0.255 e. The van der Waals surface area contributed by atoms with E-state index in [-0.39, 0.29) is 17.7 Å². The molecule has 0 spiro atoms. The van der Waals surface area contributed by atoms with Crippen molar-refractivity contribution in [2.75, 3.05) is 26.2 Å². The highest BCUT2D eigenvalue weighted by molar-refractivity contribution is 6.43. The van der Waals surface area contributed by atoms with Crippen molar-refractivity contribution >= 4 is 35.0 Å². The summed E-state index contributed by atoms with van der Waals surface area (Å²) in [6, 6.07) is 5.09. The molecule has 0 aliphatic carbocycles. The second-order valence-electron chi connectivity index (χ2n) is 6.20. The summed E-state index contributed by atoms with van der Waals surface area (Å²) in [5.41, 5.74) is 0.434. The number of amides is 2. The highest BCUT2D eigenvalue weighted by Crippen LogP contribution is 2.28. The van der Waals surface area contributed by atoms with Crippen LogP contribution in [-0.4, -0.2) is 47.8 Å². The number of hydrogen-bond donors (Lipinski definition) is 0. The fourth-order valence-electron chi connectivity index (χ4n) is 3.36. The summed E-state index contributed by atoms with van der Waals surface area (Å²) >= 11 is 12.1. The molecular formula is C17H20Cl2N2O2. The zero-order chi connectivity index (χ0) is 16.4. The highest BCUT2D eigenvalue weighted by atomic mass is 35.5. The maximum atomic E-state index is 12.6. The molecule has 2 aliphatic heterocycles. The van der Waals surface area contributed by atoms with Crippen molar-refractivity contribution in [2.45, 2.75) is 25.7 Å². The van der Waals surface area contributed by atoms with Crippen LogP contribution in [0.25, 0.3) is 0 Å². The monoisotopic (exact) mass is 354 g/mol. The maximum absolute atomic E-state index is 12.6. The fourth-order valence-corrected chi connectivity index (χ4v) is 3.75. The van der Waals surface area contributed by atoms with Gasteiger partial charge < -0.3 is 9.80 Å². The molecular weight excluding hydrogens is 335 g/mol. The molecule has 4 nitrogen and oxygen atoms in total. The first-order valence-electron chi connectivity index (χ1n) is 8.10. The Kier molecular flexibility index (Phi) is 5.12. The normalized spacial score (nSPS) is 19.2. The lowest BCUT2D eigenvalue weighted by Gasteiger charge is -2.33. The second-order valence-corrected chi connectivity index (χ2v) is 6.99. The predicted octanol–water partition coefficient (Wildman–Crippen LogP) is 3.47. The summed E-state index contributed by atoms with van der Waals surface area (Å²) in [4.78, 5) is 28.8. The fraction of sp³-hybridized carbons (Fsp3) is 0.529. The molecule has 2 saturated heterocycles. The number of halogens is 2. The van der Waals surface area contributed by atoms with Crippen LogP contribution in [0.2, 0.25) is 10.0 Å². The molecule has 23 heavy (non-hydrogen) atoms. The number of benzene rings is 1. The molecule has 1 aromatic rings. The molecule has 6 heteroatoms. The molecule has 0 aromatic heterocycles. The van der Waals surface area contributed by atoms with Gasteiger partial charge in [-0.1, -0.05) is 29.3 Å². The second kappa shape index (κ2) is 7.10. The van der Waals surface area contributed by atoms with Gasteiger partial charge in [0, 0.05) is 32.1 Å². The Balaban J connectivity index is 1.61. The Morgan fingerprint density at radius 1 is 0.957 bits per heavy atom. The van der Waals surface area contributed by atoms with Gasteiger partial charge >= 0.3 is 0 Å². The SMILES string of the molecule is O=C(c1cccc(Cl)c1Cl)N1CCC(C(=O)N2CCCC2)CC1. The van der Waals surface area contributed by atoms with Crippen molar-refractivity contribution in [3.63, 3.8) is 0 Å². The minimum atomic E-state index is -0.107. The molecule has 124 valence electrons. The Morgan fingerprint density at radius 3 is 2.26 bits per heavy atom. The smallest absolute Gasteiger partial charge is 0.255 e. The number of rotatable bonds is 2. The topological polar surface area (TPSA) is 40.6 Å². The summed E-state index contributed by atoms with van der Waals surface area (Å²) in [5, 5.41) is 0.686. The lowest BCUT2D eigenvalue weighted by Crippen LogP contribution is -2.43. The molecule has 0 N–H and O–H groups in total. The van der Waals surface area contributed by atoms with E-state index in [2.05, 4.69) is 0 Å². The van der Waals surface area contributed by atoms with E-state index in [1.807, 2.05) is 4.90 Å². The zero-order valence-electron chi connectivity index (χ0n) is 12.9. The van der Waals surface area contributed by atoms with Crippen LogP contribution in [0.1, 0.15) is 36.0 Å². The number of likely N-dealkylation sites (tertiary alicyclic amines) is 2. The molecule has 1 aromatic carbocycles. The molecule has 0 radical (unpaired) electrons. The van der Waals surface area contributed by atoms with E-state index >= 15 is 0 Å². The Hall–Kier alpha value is -1.26. The first kappa shape index (κ1) is 16.6. The van der Waals surface area contributed by atoms with E-state index in [4.69, 9.17) is 23.2 Å². The minimum Gasteiger partial charge on any atom is -0.342 e. The largest absolute Gasteiger partial charge is 0.342 e. The number of hydrogen-bond acceptors (Lipinski definition) is 2. The Bertz CT molecular complexity index is 607. The highest BCUT2D eigenvalue weighted by Gasteiger charge is 2.31. The van der Waals surface area contributed by atoms with Crippen LogP contribution < -0.4 is 0 Å². The molecule has 2 heterocycles. The van der Waals surface area contributed by atoms with Crippen LogP contribution in [0.4, 0.5) is 0 Å². The molecule has 0 unspecified atom stereocenters. The van der Waals surface area contributed by atoms with Gasteiger partial charge in [-0.15, -0.1) is 0 Å². The van der Waals surface area contributed by atoms with Crippen molar-refractivity contribution in [3.05, 3.63) is 33.8 Å². The van der Waals surface area contributed by atoms with Crippen molar-refractivity contribution in [1.82, 2.24) is 9.80 Å². The third-order valence-electron chi connectivity index (χ3n) is 4.73. The molecule has 0 bridgehead atoms. The summed E-state index contributed by atoms with van der Waals surface area (Å²) in [6.45, 7) is 2.95. The van der Waals surface area contributed by atoms with Gasteiger partial charge in [-0.3, -0.25) is 9.59 Å². The van der Waals surface area contributed by atoms with E-state index in [0.717, 1.165) is 38.8 Å². The standard InChI is InChI=1S/C17H20Cl2N2O2/c18-14-5-3-4-13(15(14)19)17(23)21-10-6-12(7-11-21)16(22)20-8-1-2-9-20/h3-5,12H,1-2,6-11H2. The molecule has 2 aliphatic rings. The van der Waals surface area contributed by atoms with Gasteiger partial charge in [0.25, 0.3) is 5.91 Å². The van der Waals surface area contributed by atoms with E-state index in [1.165, 1.54) is 0 Å². The van der Waals surface area contributed by atoms with Gasteiger partial charge in [0.05, 0.1) is 15.6 Å². The van der Waals surface area contributed by atoms with Crippen LogP contribution in [-0.2, 0) is 4.79 Å².